The van der Waals surface area contributed by atoms with Gasteiger partial charge in [-0.1, -0.05) is 46.4 Å². The van der Waals surface area contributed by atoms with Crippen molar-refractivity contribution in [3.8, 4) is 16.9 Å². The highest BCUT2D eigenvalue weighted by molar-refractivity contribution is 6.44. The predicted octanol–water partition coefficient (Wildman–Crippen LogP) is 6.08. The molecule has 0 aliphatic rings. The summed E-state index contributed by atoms with van der Waals surface area (Å²) >= 11 is 24.9. The van der Waals surface area contributed by atoms with Crippen molar-refractivity contribution < 1.29 is 4.74 Å². The number of hydrogen-bond donors (Lipinski definition) is 0. The Balaban J connectivity index is 2.73. The average Bonchev–Trinajstić information content (AvgIpc) is 2.31. The van der Waals surface area contributed by atoms with Crippen molar-refractivity contribution in [1.82, 2.24) is 0 Å². The van der Waals surface area contributed by atoms with Crippen molar-refractivity contribution in [1.29, 1.82) is 0 Å². The molecule has 0 heterocycles. The molecule has 0 saturated heterocycles. The van der Waals surface area contributed by atoms with E-state index in [4.69, 9.17) is 51.1 Å². The lowest BCUT2D eigenvalue weighted by atomic mass is 10.0. The summed E-state index contributed by atoms with van der Waals surface area (Å²) in [7, 11) is 1.54. The van der Waals surface area contributed by atoms with Crippen LogP contribution in [0.25, 0.3) is 11.1 Å². The molecule has 0 fully saturated rings. The molecule has 2 aromatic carbocycles. The van der Waals surface area contributed by atoms with Crippen molar-refractivity contribution in [2.45, 2.75) is 6.92 Å². The van der Waals surface area contributed by atoms with Crippen molar-refractivity contribution >= 4 is 46.4 Å². The molecule has 0 atom stereocenters. The second kappa shape index (κ2) is 5.80. The summed E-state index contributed by atoms with van der Waals surface area (Å²) in [6, 6.07) is 8.08. The number of aryl methyl sites for hydroxylation is 1. The Morgan fingerprint density at radius 2 is 1.42 bits per heavy atom. The van der Waals surface area contributed by atoms with Crippen LogP contribution in [0, 0.1) is 13.0 Å². The van der Waals surface area contributed by atoms with Crippen LogP contribution >= 0.6 is 46.4 Å². The van der Waals surface area contributed by atoms with Crippen LogP contribution in [0.3, 0.4) is 0 Å². The van der Waals surface area contributed by atoms with Gasteiger partial charge in [0.2, 0.25) is 0 Å². The minimum absolute atomic E-state index is 0.388. The molecule has 1 nitrogen and oxygen atoms in total. The predicted molar refractivity (Wildman–Crippen MR) is 82.0 cm³/mol. The third-order valence-electron chi connectivity index (χ3n) is 2.61. The molecule has 19 heavy (non-hydrogen) atoms. The topological polar surface area (TPSA) is 9.23 Å². The summed E-state index contributed by atoms with van der Waals surface area (Å²) in [5.74, 6) is 0.571. The maximum absolute atomic E-state index is 6.24. The Hall–Kier alpha value is -0.600. The summed E-state index contributed by atoms with van der Waals surface area (Å²) < 4.78 is 5.10. The number of rotatable bonds is 2. The number of benzene rings is 2. The van der Waals surface area contributed by atoms with Gasteiger partial charge in [-0.15, -0.1) is 0 Å². The van der Waals surface area contributed by atoms with Crippen LogP contribution in [0.2, 0.25) is 20.1 Å². The zero-order valence-corrected chi connectivity index (χ0v) is 13.2. The fraction of sp³-hybridized carbons (Fsp3) is 0.143. The van der Waals surface area contributed by atoms with Gasteiger partial charge in [0.15, 0.2) is 0 Å². The van der Waals surface area contributed by atoms with Crippen molar-refractivity contribution in [2.24, 2.45) is 0 Å². The summed E-state index contributed by atoms with van der Waals surface area (Å²) in [6.45, 7) is 1.86. The Kier molecular flexibility index (Phi) is 4.52. The molecule has 5 heteroatoms. The first-order valence-electron chi connectivity index (χ1n) is 5.35. The number of hydrogen-bond acceptors (Lipinski definition) is 1. The lowest BCUT2D eigenvalue weighted by Gasteiger charge is -2.13. The molecule has 99 valence electrons. The quantitative estimate of drug-likeness (QED) is 0.646. The largest absolute Gasteiger partial charge is 0.497 e. The van der Waals surface area contributed by atoms with Crippen LogP contribution in [0.15, 0.2) is 18.2 Å². The van der Waals surface area contributed by atoms with Gasteiger partial charge in [0.25, 0.3) is 0 Å². The monoisotopic (exact) mass is 333 g/mol. The Morgan fingerprint density at radius 3 is 1.89 bits per heavy atom. The minimum atomic E-state index is 0.388. The van der Waals surface area contributed by atoms with Gasteiger partial charge >= 0.3 is 0 Å². The van der Waals surface area contributed by atoms with E-state index in [1.807, 2.05) is 6.92 Å². The van der Waals surface area contributed by atoms with Crippen molar-refractivity contribution in [3.63, 3.8) is 0 Å². The Bertz CT molecular complexity index is 591. The Labute approximate surface area is 132 Å². The van der Waals surface area contributed by atoms with Crippen molar-refractivity contribution in [2.75, 3.05) is 7.11 Å². The maximum atomic E-state index is 6.24. The van der Waals surface area contributed by atoms with E-state index in [2.05, 4.69) is 6.07 Å². The molecule has 1 radical (unpaired) electrons. The maximum Gasteiger partial charge on any atom is 0.121 e. The van der Waals surface area contributed by atoms with E-state index < -0.39 is 0 Å². The summed E-state index contributed by atoms with van der Waals surface area (Å²) in [6.07, 6.45) is 0. The van der Waals surface area contributed by atoms with Gasteiger partial charge in [-0.3, -0.25) is 0 Å². The molecule has 0 unspecified atom stereocenters. The summed E-state index contributed by atoms with van der Waals surface area (Å²) in [5.41, 5.74) is 2.00. The van der Waals surface area contributed by atoms with Crippen LogP contribution in [0.5, 0.6) is 5.75 Å². The second-order valence-corrected chi connectivity index (χ2v) is 5.55. The van der Waals surface area contributed by atoms with Gasteiger partial charge < -0.3 is 4.74 Å². The highest BCUT2D eigenvalue weighted by Gasteiger charge is 2.17. The van der Waals surface area contributed by atoms with E-state index in [9.17, 15) is 0 Å². The zero-order valence-electron chi connectivity index (χ0n) is 10.2. The van der Waals surface area contributed by atoms with Gasteiger partial charge in [-0.25, -0.2) is 0 Å². The third-order valence-corrected chi connectivity index (χ3v) is 3.79. The highest BCUT2D eigenvalue weighted by Crippen LogP contribution is 2.44. The van der Waals surface area contributed by atoms with Gasteiger partial charge in [-0.05, 0) is 30.7 Å². The number of halogens is 4. The first-order chi connectivity index (χ1) is 8.93. The molecular weight excluding hydrogens is 326 g/mol. The first kappa shape index (κ1) is 14.8. The SMILES string of the molecule is COc1cc(Cl)c(-c2c(Cl)[c]c(C)cc2Cl)c(Cl)c1. The standard InChI is InChI=1S/C14H9Cl4O/c1-7-3-9(15)13(10(16)4-7)14-11(17)5-8(19-2)6-12(14)18/h3,5-6H,1-2H3. The fourth-order valence-corrected chi connectivity index (χ4v) is 3.18. The molecule has 0 spiro atoms. The van der Waals surface area contributed by atoms with Gasteiger partial charge in [0.05, 0.1) is 27.2 Å². The lowest BCUT2D eigenvalue weighted by Crippen LogP contribution is -1.90. The summed E-state index contributed by atoms with van der Waals surface area (Å²) in [4.78, 5) is 0. The molecule has 0 aliphatic heterocycles. The number of ether oxygens (including phenoxy) is 1. The van der Waals surface area contributed by atoms with Crippen LogP contribution in [-0.4, -0.2) is 7.11 Å². The van der Waals surface area contributed by atoms with Crippen molar-refractivity contribution in [3.05, 3.63) is 49.9 Å². The first-order valence-corrected chi connectivity index (χ1v) is 6.86. The molecule has 0 saturated carbocycles. The third kappa shape index (κ3) is 2.95. The van der Waals surface area contributed by atoms with E-state index in [0.717, 1.165) is 5.56 Å². The molecule has 0 bridgehead atoms. The van der Waals surface area contributed by atoms with Crippen LogP contribution in [-0.2, 0) is 0 Å². The fourth-order valence-electron chi connectivity index (χ4n) is 1.77. The van der Waals surface area contributed by atoms with Gasteiger partial charge in [0.1, 0.15) is 5.75 Å². The summed E-state index contributed by atoms with van der Waals surface area (Å²) in [5, 5.41) is 1.71. The van der Waals surface area contributed by atoms with E-state index in [1.165, 1.54) is 0 Å². The number of methoxy groups -OCH3 is 1. The smallest absolute Gasteiger partial charge is 0.121 e. The van der Waals surface area contributed by atoms with E-state index in [0.29, 0.717) is 37.0 Å². The molecule has 0 N–H and O–H groups in total. The normalized spacial score (nSPS) is 10.6. The lowest BCUT2D eigenvalue weighted by molar-refractivity contribution is 0.415. The molecule has 0 aliphatic carbocycles. The molecular formula is C14H9Cl4O. The van der Waals surface area contributed by atoms with Crippen LogP contribution in [0.4, 0.5) is 0 Å². The average molecular weight is 335 g/mol. The van der Waals surface area contributed by atoms with E-state index >= 15 is 0 Å². The van der Waals surface area contributed by atoms with Crippen LogP contribution in [0.1, 0.15) is 5.56 Å². The van der Waals surface area contributed by atoms with Gasteiger partial charge in [-0.2, -0.15) is 0 Å². The second-order valence-electron chi connectivity index (χ2n) is 3.96. The molecule has 2 aromatic rings. The molecule has 0 aromatic heterocycles. The van der Waals surface area contributed by atoms with E-state index in [1.54, 1.807) is 25.3 Å². The Morgan fingerprint density at radius 1 is 0.895 bits per heavy atom. The van der Waals surface area contributed by atoms with Crippen LogP contribution < -0.4 is 4.74 Å². The van der Waals surface area contributed by atoms with E-state index in [-0.39, 0.29) is 0 Å². The zero-order chi connectivity index (χ0) is 14.2. The highest BCUT2D eigenvalue weighted by atomic mass is 35.5. The molecule has 2 rings (SSSR count). The molecule has 0 amide bonds. The minimum Gasteiger partial charge on any atom is -0.497 e. The van der Waals surface area contributed by atoms with Gasteiger partial charge in [0, 0.05) is 17.2 Å².